The number of halogens is 1. The van der Waals surface area contributed by atoms with Gasteiger partial charge in [0.05, 0.1) is 10.7 Å². The van der Waals surface area contributed by atoms with Crippen LogP contribution in [0.2, 0.25) is 5.02 Å². The van der Waals surface area contributed by atoms with E-state index in [1.54, 1.807) is 6.20 Å². The van der Waals surface area contributed by atoms with Crippen LogP contribution in [0, 0.1) is 0 Å². The minimum atomic E-state index is -0.841. The van der Waals surface area contributed by atoms with Crippen molar-refractivity contribution >= 4 is 17.7 Å². The van der Waals surface area contributed by atoms with Gasteiger partial charge in [0.2, 0.25) is 0 Å². The lowest BCUT2D eigenvalue weighted by atomic mass is 10.2. The van der Waals surface area contributed by atoms with Crippen LogP contribution in [-0.2, 0) is 6.54 Å². The monoisotopic (exact) mass is 269 g/mol. The molecule has 0 saturated carbocycles. The zero-order valence-corrected chi connectivity index (χ0v) is 11.0. The third-order valence-electron chi connectivity index (χ3n) is 3.13. The van der Waals surface area contributed by atoms with Crippen LogP contribution in [0.4, 0.5) is 4.79 Å². The van der Waals surface area contributed by atoms with Gasteiger partial charge in [-0.3, -0.25) is 9.88 Å². The van der Waals surface area contributed by atoms with Crippen molar-refractivity contribution in [3.05, 3.63) is 29.0 Å². The third-order valence-corrected chi connectivity index (χ3v) is 3.36. The Morgan fingerprint density at radius 3 is 2.89 bits per heavy atom. The molecule has 1 atom stereocenters. The second-order valence-electron chi connectivity index (χ2n) is 4.53. The van der Waals surface area contributed by atoms with Crippen molar-refractivity contribution in [2.24, 2.45) is 0 Å². The minimum Gasteiger partial charge on any atom is -0.465 e. The van der Waals surface area contributed by atoms with E-state index in [1.807, 2.05) is 19.1 Å². The van der Waals surface area contributed by atoms with E-state index in [1.165, 1.54) is 4.90 Å². The molecule has 98 valence electrons. The molecule has 2 rings (SSSR count). The fourth-order valence-electron chi connectivity index (χ4n) is 2.19. The van der Waals surface area contributed by atoms with Crippen molar-refractivity contribution in [1.82, 2.24) is 14.8 Å². The first kappa shape index (κ1) is 13.1. The molecule has 18 heavy (non-hydrogen) atoms. The normalized spacial score (nSPS) is 21.0. The van der Waals surface area contributed by atoms with Crippen LogP contribution in [0.25, 0.3) is 0 Å². The SMILES string of the molecule is CC1CN(Cc2ccc(Cl)cn2)CCN1C(=O)O. The van der Waals surface area contributed by atoms with E-state index >= 15 is 0 Å². The van der Waals surface area contributed by atoms with Crippen molar-refractivity contribution in [3.63, 3.8) is 0 Å². The topological polar surface area (TPSA) is 56.7 Å². The van der Waals surface area contributed by atoms with Gasteiger partial charge in [0.15, 0.2) is 0 Å². The van der Waals surface area contributed by atoms with Gasteiger partial charge in [0.1, 0.15) is 0 Å². The molecule has 1 unspecified atom stereocenters. The number of hydrogen-bond acceptors (Lipinski definition) is 3. The lowest BCUT2D eigenvalue weighted by Crippen LogP contribution is -2.53. The summed E-state index contributed by atoms with van der Waals surface area (Å²) in [6, 6.07) is 3.74. The number of rotatable bonds is 2. The Bertz CT molecular complexity index is 424. The molecular weight excluding hydrogens is 254 g/mol. The summed E-state index contributed by atoms with van der Waals surface area (Å²) in [6.07, 6.45) is 0.792. The first-order valence-corrected chi connectivity index (χ1v) is 6.26. The molecule has 0 spiro atoms. The maximum atomic E-state index is 10.9. The second kappa shape index (κ2) is 5.54. The number of nitrogens with zero attached hydrogens (tertiary/aromatic N) is 3. The number of amides is 1. The summed E-state index contributed by atoms with van der Waals surface area (Å²) >= 11 is 5.78. The van der Waals surface area contributed by atoms with E-state index in [0.29, 0.717) is 11.6 Å². The van der Waals surface area contributed by atoms with Gasteiger partial charge in [0, 0.05) is 38.4 Å². The predicted octanol–water partition coefficient (Wildman–Crippen LogP) is 1.92. The number of carboxylic acid groups (broad SMARTS) is 1. The van der Waals surface area contributed by atoms with Gasteiger partial charge in [-0.25, -0.2) is 4.79 Å². The summed E-state index contributed by atoms with van der Waals surface area (Å²) in [7, 11) is 0. The molecule has 0 radical (unpaired) electrons. The van der Waals surface area contributed by atoms with Crippen molar-refractivity contribution < 1.29 is 9.90 Å². The first-order valence-electron chi connectivity index (χ1n) is 5.88. The molecule has 1 N–H and O–H groups in total. The van der Waals surface area contributed by atoms with Crippen molar-refractivity contribution in [2.75, 3.05) is 19.6 Å². The Hall–Kier alpha value is -1.33. The van der Waals surface area contributed by atoms with Crippen LogP contribution in [-0.4, -0.2) is 51.7 Å². The van der Waals surface area contributed by atoms with Gasteiger partial charge in [-0.15, -0.1) is 0 Å². The van der Waals surface area contributed by atoms with Crippen LogP contribution in [0.15, 0.2) is 18.3 Å². The van der Waals surface area contributed by atoms with Gasteiger partial charge in [0.25, 0.3) is 0 Å². The molecule has 1 fully saturated rings. The van der Waals surface area contributed by atoms with Crippen LogP contribution in [0.3, 0.4) is 0 Å². The Morgan fingerprint density at radius 1 is 1.56 bits per heavy atom. The summed E-state index contributed by atoms with van der Waals surface area (Å²) < 4.78 is 0. The average molecular weight is 270 g/mol. The molecule has 1 aliphatic rings. The first-order chi connectivity index (χ1) is 8.56. The summed E-state index contributed by atoms with van der Waals surface area (Å²) in [5.41, 5.74) is 0.954. The van der Waals surface area contributed by atoms with Crippen LogP contribution < -0.4 is 0 Å². The molecule has 0 aliphatic carbocycles. The summed E-state index contributed by atoms with van der Waals surface area (Å²) in [4.78, 5) is 18.9. The molecule has 5 nitrogen and oxygen atoms in total. The van der Waals surface area contributed by atoms with E-state index in [2.05, 4.69) is 9.88 Å². The number of aromatic nitrogens is 1. The molecule has 1 aromatic rings. The van der Waals surface area contributed by atoms with Crippen LogP contribution in [0.1, 0.15) is 12.6 Å². The third kappa shape index (κ3) is 3.11. The number of piperazine rings is 1. The highest BCUT2D eigenvalue weighted by atomic mass is 35.5. The number of carbonyl (C=O) groups is 1. The predicted molar refractivity (Wildman–Crippen MR) is 68.7 cm³/mol. The van der Waals surface area contributed by atoms with Gasteiger partial charge >= 0.3 is 6.09 Å². The summed E-state index contributed by atoms with van der Waals surface area (Å²) in [6.45, 7) is 4.67. The zero-order valence-electron chi connectivity index (χ0n) is 10.2. The molecule has 2 heterocycles. The highest BCUT2D eigenvalue weighted by molar-refractivity contribution is 6.30. The highest BCUT2D eigenvalue weighted by Gasteiger charge is 2.26. The fraction of sp³-hybridized carbons (Fsp3) is 0.500. The van der Waals surface area contributed by atoms with E-state index in [-0.39, 0.29) is 6.04 Å². The van der Waals surface area contributed by atoms with Crippen LogP contribution >= 0.6 is 11.6 Å². The maximum absolute atomic E-state index is 10.9. The summed E-state index contributed by atoms with van der Waals surface area (Å²) in [5, 5.41) is 9.62. The largest absolute Gasteiger partial charge is 0.465 e. The standard InChI is InChI=1S/C12H16ClN3O2/c1-9-7-15(4-5-16(9)12(17)18)8-11-3-2-10(13)6-14-11/h2-3,6,9H,4-5,7-8H2,1H3,(H,17,18). The highest BCUT2D eigenvalue weighted by Crippen LogP contribution is 2.13. The number of hydrogen-bond donors (Lipinski definition) is 1. The lowest BCUT2D eigenvalue weighted by Gasteiger charge is -2.38. The van der Waals surface area contributed by atoms with Crippen molar-refractivity contribution in [3.8, 4) is 0 Å². The summed E-state index contributed by atoms with van der Waals surface area (Å²) in [5.74, 6) is 0. The molecule has 0 aromatic carbocycles. The van der Waals surface area contributed by atoms with Crippen molar-refractivity contribution in [1.29, 1.82) is 0 Å². The maximum Gasteiger partial charge on any atom is 0.407 e. The van der Waals surface area contributed by atoms with E-state index < -0.39 is 6.09 Å². The lowest BCUT2D eigenvalue weighted by molar-refractivity contribution is 0.0706. The molecule has 6 heteroatoms. The molecule has 1 saturated heterocycles. The van der Waals surface area contributed by atoms with Gasteiger partial charge < -0.3 is 10.0 Å². The van der Waals surface area contributed by atoms with Gasteiger partial charge in [-0.2, -0.15) is 0 Å². The average Bonchev–Trinajstić information content (AvgIpc) is 2.32. The molecule has 1 aromatic heterocycles. The Labute approximate surface area is 111 Å². The van der Waals surface area contributed by atoms with E-state index in [9.17, 15) is 4.79 Å². The molecular formula is C12H16ClN3O2. The molecule has 1 aliphatic heterocycles. The smallest absolute Gasteiger partial charge is 0.407 e. The van der Waals surface area contributed by atoms with Crippen LogP contribution in [0.5, 0.6) is 0 Å². The van der Waals surface area contributed by atoms with Gasteiger partial charge in [-0.1, -0.05) is 11.6 Å². The Morgan fingerprint density at radius 2 is 2.33 bits per heavy atom. The Balaban J connectivity index is 1.93. The Kier molecular flexibility index (Phi) is 4.04. The fourth-order valence-corrected chi connectivity index (χ4v) is 2.30. The van der Waals surface area contributed by atoms with Crippen molar-refractivity contribution in [2.45, 2.75) is 19.5 Å². The van der Waals surface area contributed by atoms with E-state index in [4.69, 9.17) is 16.7 Å². The quantitative estimate of drug-likeness (QED) is 0.891. The van der Waals surface area contributed by atoms with Gasteiger partial charge in [-0.05, 0) is 19.1 Å². The molecule has 1 amide bonds. The number of pyridine rings is 1. The minimum absolute atomic E-state index is 0.0172. The zero-order chi connectivity index (χ0) is 13.1. The second-order valence-corrected chi connectivity index (χ2v) is 4.96. The molecule has 0 bridgehead atoms. The van der Waals surface area contributed by atoms with E-state index in [0.717, 1.165) is 25.3 Å².